The van der Waals surface area contributed by atoms with E-state index in [0.717, 1.165) is 5.56 Å². The molecule has 0 aromatic carbocycles. The third kappa shape index (κ3) is 3.43. The van der Waals surface area contributed by atoms with Gasteiger partial charge in [-0.05, 0) is 12.5 Å². The number of aliphatic carboxylic acids is 1. The molecule has 5 nitrogen and oxygen atoms in total. The van der Waals surface area contributed by atoms with Crippen molar-refractivity contribution in [3.8, 4) is 0 Å². The van der Waals surface area contributed by atoms with Gasteiger partial charge in [-0.1, -0.05) is 0 Å². The highest BCUT2D eigenvalue weighted by Crippen LogP contribution is 1.95. The van der Waals surface area contributed by atoms with Gasteiger partial charge in [0.05, 0.1) is 12.7 Å². The van der Waals surface area contributed by atoms with Gasteiger partial charge in [0, 0.05) is 6.20 Å². The Balaban J connectivity index is 0.00000144. The maximum Gasteiger partial charge on any atom is 0.322 e. The molecule has 1 aromatic heterocycles. The Morgan fingerprint density at radius 2 is 2.46 bits per heavy atom. The SMILES string of the molecule is Cc1cnn(CC(N)C(=O)O)c1.Cl. The van der Waals surface area contributed by atoms with Crippen molar-refractivity contribution in [1.82, 2.24) is 9.78 Å². The van der Waals surface area contributed by atoms with Crippen LogP contribution in [0.2, 0.25) is 0 Å². The van der Waals surface area contributed by atoms with Crippen LogP contribution in [0.4, 0.5) is 0 Å². The largest absolute Gasteiger partial charge is 0.480 e. The number of carboxylic acid groups (broad SMARTS) is 1. The standard InChI is InChI=1S/C7H11N3O2.ClH/c1-5-2-9-10(3-5)4-6(8)7(11)12;/h2-3,6H,4,8H2,1H3,(H,11,12);1H. The van der Waals surface area contributed by atoms with E-state index in [0.29, 0.717) is 0 Å². The van der Waals surface area contributed by atoms with Crippen molar-refractivity contribution in [3.05, 3.63) is 18.0 Å². The van der Waals surface area contributed by atoms with E-state index in [2.05, 4.69) is 5.10 Å². The van der Waals surface area contributed by atoms with Crippen LogP contribution in [-0.4, -0.2) is 26.9 Å². The molecule has 1 rings (SSSR count). The van der Waals surface area contributed by atoms with Gasteiger partial charge < -0.3 is 10.8 Å². The molecule has 0 saturated heterocycles. The zero-order valence-electron chi connectivity index (χ0n) is 7.17. The van der Waals surface area contributed by atoms with Crippen molar-refractivity contribution in [3.63, 3.8) is 0 Å². The Bertz CT molecular complexity index is 287. The van der Waals surface area contributed by atoms with Crippen LogP contribution in [-0.2, 0) is 11.3 Å². The molecule has 0 aliphatic rings. The summed E-state index contributed by atoms with van der Waals surface area (Å²) in [5.41, 5.74) is 6.29. The Morgan fingerprint density at radius 1 is 1.85 bits per heavy atom. The number of aryl methyl sites for hydroxylation is 1. The average Bonchev–Trinajstić information content (AvgIpc) is 2.35. The fourth-order valence-corrected chi connectivity index (χ4v) is 0.846. The van der Waals surface area contributed by atoms with Crippen molar-refractivity contribution in [1.29, 1.82) is 0 Å². The first-order valence-electron chi connectivity index (χ1n) is 3.57. The fraction of sp³-hybridized carbons (Fsp3) is 0.429. The van der Waals surface area contributed by atoms with E-state index >= 15 is 0 Å². The monoisotopic (exact) mass is 205 g/mol. The predicted octanol–water partition coefficient (Wildman–Crippen LogP) is 0.0252. The molecule has 3 N–H and O–H groups in total. The van der Waals surface area contributed by atoms with E-state index < -0.39 is 12.0 Å². The lowest BCUT2D eigenvalue weighted by Gasteiger charge is -2.05. The van der Waals surface area contributed by atoms with Crippen molar-refractivity contribution in [2.24, 2.45) is 5.73 Å². The molecule has 74 valence electrons. The van der Waals surface area contributed by atoms with Crippen molar-refractivity contribution >= 4 is 18.4 Å². The second-order valence-corrected chi connectivity index (χ2v) is 2.68. The molecule has 0 amide bonds. The van der Waals surface area contributed by atoms with Crippen LogP contribution < -0.4 is 5.73 Å². The van der Waals surface area contributed by atoms with Gasteiger partial charge in [0.25, 0.3) is 0 Å². The lowest BCUT2D eigenvalue weighted by Crippen LogP contribution is -2.34. The van der Waals surface area contributed by atoms with Gasteiger partial charge >= 0.3 is 5.97 Å². The molecule has 0 radical (unpaired) electrons. The lowest BCUT2D eigenvalue weighted by molar-refractivity contribution is -0.138. The number of carbonyl (C=O) groups is 1. The number of rotatable bonds is 3. The normalized spacial score (nSPS) is 11.8. The summed E-state index contributed by atoms with van der Waals surface area (Å²) in [6, 6.07) is -0.885. The van der Waals surface area contributed by atoms with Gasteiger partial charge in [0.2, 0.25) is 0 Å². The molecule has 13 heavy (non-hydrogen) atoms. The molecular weight excluding hydrogens is 194 g/mol. The van der Waals surface area contributed by atoms with Gasteiger partial charge in [-0.25, -0.2) is 0 Å². The van der Waals surface area contributed by atoms with Crippen molar-refractivity contribution < 1.29 is 9.90 Å². The van der Waals surface area contributed by atoms with Gasteiger partial charge in [-0.2, -0.15) is 5.10 Å². The maximum atomic E-state index is 10.3. The first-order chi connectivity index (χ1) is 5.59. The van der Waals surface area contributed by atoms with Crippen LogP contribution in [0.15, 0.2) is 12.4 Å². The third-order valence-corrected chi connectivity index (χ3v) is 1.46. The maximum absolute atomic E-state index is 10.3. The topological polar surface area (TPSA) is 81.1 Å². The Morgan fingerprint density at radius 3 is 2.85 bits per heavy atom. The van der Waals surface area contributed by atoms with Crippen molar-refractivity contribution in [2.75, 3.05) is 0 Å². The molecule has 0 aliphatic heterocycles. The highest BCUT2D eigenvalue weighted by Gasteiger charge is 2.11. The molecule has 0 saturated carbocycles. The Kier molecular flexibility index (Phi) is 4.44. The molecule has 1 aromatic rings. The number of nitrogens with two attached hydrogens (primary N) is 1. The van der Waals surface area contributed by atoms with Crippen LogP contribution >= 0.6 is 12.4 Å². The summed E-state index contributed by atoms with van der Waals surface area (Å²) in [5, 5.41) is 12.4. The van der Waals surface area contributed by atoms with Crippen molar-refractivity contribution in [2.45, 2.75) is 19.5 Å². The second-order valence-electron chi connectivity index (χ2n) is 2.68. The van der Waals surface area contributed by atoms with Gasteiger partial charge in [0.15, 0.2) is 0 Å². The van der Waals surface area contributed by atoms with Crippen LogP contribution in [0.1, 0.15) is 5.56 Å². The zero-order chi connectivity index (χ0) is 9.14. The first kappa shape index (κ1) is 11.9. The number of hydrogen-bond donors (Lipinski definition) is 2. The molecule has 0 aliphatic carbocycles. The molecular formula is C7H12ClN3O2. The number of aromatic nitrogens is 2. The molecule has 0 bridgehead atoms. The van der Waals surface area contributed by atoms with Gasteiger partial charge in [0.1, 0.15) is 6.04 Å². The Hall–Kier alpha value is -1.07. The fourth-order valence-electron chi connectivity index (χ4n) is 0.846. The van der Waals surface area contributed by atoms with E-state index in [-0.39, 0.29) is 19.0 Å². The van der Waals surface area contributed by atoms with Gasteiger partial charge in [-0.15, -0.1) is 12.4 Å². The summed E-state index contributed by atoms with van der Waals surface area (Å²) in [6.07, 6.45) is 3.41. The molecule has 6 heteroatoms. The molecule has 0 fully saturated rings. The highest BCUT2D eigenvalue weighted by atomic mass is 35.5. The van der Waals surface area contributed by atoms with E-state index in [1.165, 1.54) is 4.68 Å². The smallest absolute Gasteiger partial charge is 0.322 e. The van der Waals surface area contributed by atoms with Crippen LogP contribution in [0.25, 0.3) is 0 Å². The quantitative estimate of drug-likeness (QED) is 0.729. The predicted molar refractivity (Wildman–Crippen MR) is 49.8 cm³/mol. The summed E-state index contributed by atoms with van der Waals surface area (Å²) in [6.45, 7) is 2.10. The zero-order valence-corrected chi connectivity index (χ0v) is 7.99. The molecule has 1 unspecified atom stereocenters. The minimum absolute atomic E-state index is 0. The molecule has 1 heterocycles. The van der Waals surface area contributed by atoms with E-state index in [1.54, 1.807) is 12.4 Å². The number of nitrogens with zero attached hydrogens (tertiary/aromatic N) is 2. The van der Waals surface area contributed by atoms with Crippen LogP contribution in [0.3, 0.4) is 0 Å². The second kappa shape index (κ2) is 4.84. The summed E-state index contributed by atoms with van der Waals surface area (Å²) in [5.74, 6) is -1.01. The first-order valence-corrected chi connectivity index (χ1v) is 3.57. The number of carboxylic acids is 1. The minimum atomic E-state index is -1.01. The number of halogens is 1. The lowest BCUT2D eigenvalue weighted by atomic mass is 10.3. The van der Waals surface area contributed by atoms with Gasteiger partial charge in [-0.3, -0.25) is 9.48 Å². The number of hydrogen-bond acceptors (Lipinski definition) is 3. The summed E-state index contributed by atoms with van der Waals surface area (Å²) in [7, 11) is 0. The molecule has 0 spiro atoms. The molecule has 1 atom stereocenters. The van der Waals surface area contributed by atoms with Crippen LogP contribution in [0.5, 0.6) is 0 Å². The summed E-state index contributed by atoms with van der Waals surface area (Å²) >= 11 is 0. The Labute approximate surface area is 81.9 Å². The third-order valence-electron chi connectivity index (χ3n) is 1.46. The van der Waals surface area contributed by atoms with Crippen LogP contribution in [0, 0.1) is 6.92 Å². The van der Waals surface area contributed by atoms with E-state index in [1.807, 2.05) is 6.92 Å². The minimum Gasteiger partial charge on any atom is -0.480 e. The average molecular weight is 206 g/mol. The van der Waals surface area contributed by atoms with E-state index in [9.17, 15) is 4.79 Å². The van der Waals surface area contributed by atoms with E-state index in [4.69, 9.17) is 10.8 Å². The summed E-state index contributed by atoms with van der Waals surface area (Å²) < 4.78 is 1.52. The summed E-state index contributed by atoms with van der Waals surface area (Å²) in [4.78, 5) is 10.3. The highest BCUT2D eigenvalue weighted by molar-refractivity contribution is 5.85.